The molecule has 1 fully saturated rings. The van der Waals surface area contributed by atoms with Gasteiger partial charge in [-0.3, -0.25) is 0 Å². The van der Waals surface area contributed by atoms with E-state index in [4.69, 9.17) is 9.47 Å². The van der Waals surface area contributed by atoms with Crippen molar-refractivity contribution in [2.24, 2.45) is 0 Å². The Hall–Kier alpha value is -1.54. The SMILES string of the molecule is C1=CC2(CCCO2)O/C1=C\c1ccccc1. The Kier molecular flexibility index (Phi) is 2.29. The average molecular weight is 214 g/mol. The molecular weight excluding hydrogens is 200 g/mol. The molecule has 2 nitrogen and oxygen atoms in total. The van der Waals surface area contributed by atoms with Gasteiger partial charge in [0.15, 0.2) is 0 Å². The summed E-state index contributed by atoms with van der Waals surface area (Å²) in [5.74, 6) is 0.425. The molecule has 0 aromatic heterocycles. The quantitative estimate of drug-likeness (QED) is 0.715. The molecule has 16 heavy (non-hydrogen) atoms. The molecule has 0 N–H and O–H groups in total. The van der Waals surface area contributed by atoms with Crippen LogP contribution >= 0.6 is 0 Å². The summed E-state index contributed by atoms with van der Waals surface area (Å²) in [6.45, 7) is 0.795. The Morgan fingerprint density at radius 3 is 2.81 bits per heavy atom. The molecule has 0 amide bonds. The van der Waals surface area contributed by atoms with Crippen LogP contribution in [0.2, 0.25) is 0 Å². The van der Waals surface area contributed by atoms with Gasteiger partial charge in [0, 0.05) is 6.42 Å². The van der Waals surface area contributed by atoms with E-state index in [0.717, 1.165) is 30.8 Å². The minimum atomic E-state index is -0.458. The van der Waals surface area contributed by atoms with Crippen LogP contribution in [-0.2, 0) is 9.47 Å². The van der Waals surface area contributed by atoms with E-state index in [-0.39, 0.29) is 0 Å². The highest BCUT2D eigenvalue weighted by molar-refractivity contribution is 5.54. The van der Waals surface area contributed by atoms with Gasteiger partial charge in [-0.1, -0.05) is 30.3 Å². The van der Waals surface area contributed by atoms with Crippen molar-refractivity contribution in [1.29, 1.82) is 0 Å². The van der Waals surface area contributed by atoms with Gasteiger partial charge < -0.3 is 9.47 Å². The standard InChI is InChI=1S/C14H14O2/c1-2-5-12(6-3-1)11-13-7-9-14(16-13)8-4-10-15-14/h1-3,5-7,9,11H,4,8,10H2/b13-11-. The van der Waals surface area contributed by atoms with Crippen LogP contribution in [-0.4, -0.2) is 12.4 Å². The maximum absolute atomic E-state index is 5.84. The predicted molar refractivity (Wildman–Crippen MR) is 62.6 cm³/mol. The van der Waals surface area contributed by atoms with E-state index in [2.05, 4.69) is 12.1 Å². The summed E-state index contributed by atoms with van der Waals surface area (Å²) in [7, 11) is 0. The van der Waals surface area contributed by atoms with Gasteiger partial charge >= 0.3 is 0 Å². The first-order chi connectivity index (χ1) is 7.86. The third-order valence-electron chi connectivity index (χ3n) is 2.92. The summed E-state index contributed by atoms with van der Waals surface area (Å²) < 4.78 is 11.5. The molecule has 1 aromatic carbocycles. The normalized spacial score (nSPS) is 30.1. The fourth-order valence-electron chi connectivity index (χ4n) is 2.12. The molecule has 3 rings (SSSR count). The van der Waals surface area contributed by atoms with E-state index in [0.29, 0.717) is 0 Å². The van der Waals surface area contributed by atoms with Crippen molar-refractivity contribution in [1.82, 2.24) is 0 Å². The van der Waals surface area contributed by atoms with Gasteiger partial charge in [-0.15, -0.1) is 0 Å². The molecule has 0 saturated carbocycles. The van der Waals surface area contributed by atoms with E-state index in [1.54, 1.807) is 0 Å². The van der Waals surface area contributed by atoms with Crippen molar-refractivity contribution >= 4 is 6.08 Å². The van der Waals surface area contributed by atoms with Crippen LogP contribution in [0, 0.1) is 0 Å². The molecular formula is C14H14O2. The van der Waals surface area contributed by atoms with Crippen molar-refractivity contribution in [3.63, 3.8) is 0 Å². The smallest absolute Gasteiger partial charge is 0.230 e. The average Bonchev–Trinajstić information content (AvgIpc) is 2.92. The fraction of sp³-hybridized carbons (Fsp3) is 0.286. The zero-order valence-corrected chi connectivity index (χ0v) is 9.06. The number of hydrogen-bond acceptors (Lipinski definition) is 2. The van der Waals surface area contributed by atoms with Crippen LogP contribution in [0.5, 0.6) is 0 Å². The lowest BCUT2D eigenvalue weighted by molar-refractivity contribution is -0.135. The van der Waals surface area contributed by atoms with Crippen LogP contribution in [0.15, 0.2) is 48.2 Å². The topological polar surface area (TPSA) is 18.5 Å². The molecule has 2 aliphatic heterocycles. The van der Waals surface area contributed by atoms with Crippen LogP contribution in [0.4, 0.5) is 0 Å². The first kappa shape index (κ1) is 9.67. The molecule has 1 unspecified atom stereocenters. The number of rotatable bonds is 1. The van der Waals surface area contributed by atoms with Gasteiger partial charge in [-0.05, 0) is 30.2 Å². The van der Waals surface area contributed by atoms with Crippen molar-refractivity contribution in [3.8, 4) is 0 Å². The zero-order chi connectivity index (χ0) is 10.8. The fourth-order valence-corrected chi connectivity index (χ4v) is 2.12. The second kappa shape index (κ2) is 3.80. The largest absolute Gasteiger partial charge is 0.459 e. The molecule has 0 radical (unpaired) electrons. The van der Waals surface area contributed by atoms with E-state index in [1.807, 2.05) is 36.4 Å². The third kappa shape index (κ3) is 1.76. The van der Waals surface area contributed by atoms with Gasteiger partial charge in [0.05, 0.1) is 6.61 Å². The summed E-state index contributed by atoms with van der Waals surface area (Å²) in [6.07, 6.45) is 8.08. The number of ether oxygens (including phenoxy) is 2. The van der Waals surface area contributed by atoms with E-state index >= 15 is 0 Å². The molecule has 0 aliphatic carbocycles. The molecule has 0 bridgehead atoms. The Morgan fingerprint density at radius 2 is 2.06 bits per heavy atom. The molecule has 1 spiro atoms. The molecule has 2 aliphatic rings. The summed E-state index contributed by atoms with van der Waals surface area (Å²) in [5, 5.41) is 0. The zero-order valence-electron chi connectivity index (χ0n) is 9.06. The maximum atomic E-state index is 5.84. The Balaban J connectivity index is 1.80. The highest BCUT2D eigenvalue weighted by atomic mass is 16.7. The first-order valence-corrected chi connectivity index (χ1v) is 5.65. The molecule has 2 heterocycles. The minimum Gasteiger partial charge on any atom is -0.459 e. The highest BCUT2D eigenvalue weighted by Gasteiger charge is 2.38. The van der Waals surface area contributed by atoms with Crippen molar-refractivity contribution < 1.29 is 9.47 Å². The van der Waals surface area contributed by atoms with Crippen LogP contribution in [0.3, 0.4) is 0 Å². The lowest BCUT2D eigenvalue weighted by atomic mass is 10.2. The predicted octanol–water partition coefficient (Wildman–Crippen LogP) is 3.12. The first-order valence-electron chi connectivity index (χ1n) is 5.65. The van der Waals surface area contributed by atoms with Crippen LogP contribution < -0.4 is 0 Å². The van der Waals surface area contributed by atoms with Gasteiger partial charge in [0.2, 0.25) is 5.79 Å². The molecule has 1 aromatic rings. The van der Waals surface area contributed by atoms with Crippen LogP contribution in [0.25, 0.3) is 6.08 Å². The minimum absolute atomic E-state index is 0.458. The van der Waals surface area contributed by atoms with E-state index in [1.165, 1.54) is 0 Å². The highest BCUT2D eigenvalue weighted by Crippen LogP contribution is 2.36. The number of hydrogen-bond donors (Lipinski definition) is 0. The van der Waals surface area contributed by atoms with E-state index < -0.39 is 5.79 Å². The Morgan fingerprint density at radius 1 is 1.19 bits per heavy atom. The van der Waals surface area contributed by atoms with Gasteiger partial charge in [-0.2, -0.15) is 0 Å². The number of benzene rings is 1. The van der Waals surface area contributed by atoms with Gasteiger partial charge in [-0.25, -0.2) is 0 Å². The summed E-state index contributed by atoms with van der Waals surface area (Å²) in [5.41, 5.74) is 1.15. The summed E-state index contributed by atoms with van der Waals surface area (Å²) >= 11 is 0. The van der Waals surface area contributed by atoms with Gasteiger partial charge in [0.25, 0.3) is 0 Å². The lowest BCUT2D eigenvalue weighted by Gasteiger charge is -2.20. The molecule has 82 valence electrons. The number of allylic oxidation sites excluding steroid dienone is 1. The van der Waals surface area contributed by atoms with Gasteiger partial charge in [0.1, 0.15) is 5.76 Å². The molecule has 1 saturated heterocycles. The second-order valence-electron chi connectivity index (χ2n) is 4.16. The third-order valence-corrected chi connectivity index (χ3v) is 2.92. The molecule has 2 heteroatoms. The lowest BCUT2D eigenvalue weighted by Crippen LogP contribution is -2.24. The van der Waals surface area contributed by atoms with Crippen LogP contribution in [0.1, 0.15) is 18.4 Å². The Bertz CT molecular complexity index is 425. The Labute approximate surface area is 95.2 Å². The van der Waals surface area contributed by atoms with Crippen molar-refractivity contribution in [2.45, 2.75) is 18.6 Å². The second-order valence-corrected chi connectivity index (χ2v) is 4.16. The van der Waals surface area contributed by atoms with Crippen molar-refractivity contribution in [3.05, 3.63) is 53.8 Å². The summed E-state index contributed by atoms with van der Waals surface area (Å²) in [4.78, 5) is 0. The summed E-state index contributed by atoms with van der Waals surface area (Å²) in [6, 6.07) is 10.2. The molecule has 1 atom stereocenters. The van der Waals surface area contributed by atoms with Crippen molar-refractivity contribution in [2.75, 3.05) is 6.61 Å². The maximum Gasteiger partial charge on any atom is 0.230 e. The monoisotopic (exact) mass is 214 g/mol. The van der Waals surface area contributed by atoms with E-state index in [9.17, 15) is 0 Å².